The summed E-state index contributed by atoms with van der Waals surface area (Å²) in [5.41, 5.74) is -0.443. The van der Waals surface area contributed by atoms with Gasteiger partial charge in [0.1, 0.15) is 0 Å². The van der Waals surface area contributed by atoms with E-state index in [1.807, 2.05) is 13.8 Å². The highest BCUT2D eigenvalue weighted by molar-refractivity contribution is 7.92. The van der Waals surface area contributed by atoms with Crippen LogP contribution in [0.4, 0.5) is 29.3 Å². The van der Waals surface area contributed by atoms with Gasteiger partial charge in [-0.15, -0.1) is 0 Å². The minimum absolute atomic E-state index is 0.00640. The molecule has 10 heteroatoms. The first-order chi connectivity index (χ1) is 13.1. The highest BCUT2D eigenvalue weighted by Crippen LogP contribution is 2.30. The van der Waals surface area contributed by atoms with Crippen LogP contribution in [0.25, 0.3) is 0 Å². The number of anilines is 2. The predicted molar refractivity (Wildman–Crippen MR) is 101 cm³/mol. The van der Waals surface area contributed by atoms with Crippen molar-refractivity contribution in [3.63, 3.8) is 0 Å². The van der Waals surface area contributed by atoms with E-state index in [1.165, 1.54) is 24.3 Å². The van der Waals surface area contributed by atoms with Gasteiger partial charge in [0, 0.05) is 24.5 Å². The molecule has 0 aliphatic rings. The number of carbonyl (C=O) groups excluding carboxylic acids is 1. The molecule has 2 amide bonds. The van der Waals surface area contributed by atoms with Gasteiger partial charge in [-0.2, -0.15) is 13.2 Å². The second kappa shape index (κ2) is 8.51. The largest absolute Gasteiger partial charge is 0.416 e. The molecule has 0 saturated heterocycles. The Hall–Kier alpha value is -2.75. The number of urea groups is 1. The van der Waals surface area contributed by atoms with Crippen molar-refractivity contribution in [2.24, 2.45) is 0 Å². The minimum atomic E-state index is -4.50. The third kappa shape index (κ3) is 5.38. The third-order valence-corrected chi connectivity index (χ3v) is 5.33. The Morgan fingerprint density at radius 1 is 0.929 bits per heavy atom. The van der Waals surface area contributed by atoms with Gasteiger partial charge >= 0.3 is 12.2 Å². The van der Waals surface area contributed by atoms with Crippen molar-refractivity contribution < 1.29 is 26.4 Å². The predicted octanol–water partition coefficient (Wildman–Crippen LogP) is 4.38. The Balaban J connectivity index is 2.10. The van der Waals surface area contributed by atoms with E-state index in [0.717, 1.165) is 24.3 Å². The van der Waals surface area contributed by atoms with Gasteiger partial charge < -0.3 is 10.2 Å². The molecule has 6 nitrogen and oxygen atoms in total. The standard InChI is InChI=1S/C18H20F3N3O3S/c1-3-24(4-2)17(25)22-14-9-11-16(12-10-14)28(26,27)23-15-7-5-13(6-8-15)18(19,20)21/h5-12,23H,3-4H2,1-2H3,(H,22,25). The van der Waals surface area contributed by atoms with E-state index >= 15 is 0 Å². The molecule has 0 bridgehead atoms. The van der Waals surface area contributed by atoms with E-state index in [0.29, 0.717) is 18.8 Å². The van der Waals surface area contributed by atoms with Crippen LogP contribution in [0.5, 0.6) is 0 Å². The number of nitrogens with one attached hydrogen (secondary N) is 2. The molecular weight excluding hydrogens is 395 g/mol. The third-order valence-electron chi connectivity index (χ3n) is 3.93. The molecule has 152 valence electrons. The number of rotatable bonds is 6. The zero-order valence-electron chi connectivity index (χ0n) is 15.2. The maximum atomic E-state index is 12.6. The molecule has 0 saturated carbocycles. The first-order valence-electron chi connectivity index (χ1n) is 8.43. The average molecular weight is 415 g/mol. The van der Waals surface area contributed by atoms with Crippen LogP contribution in [-0.4, -0.2) is 32.4 Å². The topological polar surface area (TPSA) is 78.5 Å². The Morgan fingerprint density at radius 2 is 1.43 bits per heavy atom. The van der Waals surface area contributed by atoms with Gasteiger partial charge in [-0.3, -0.25) is 4.72 Å². The average Bonchev–Trinajstić information content (AvgIpc) is 2.62. The summed E-state index contributed by atoms with van der Waals surface area (Å²) in [6.07, 6.45) is -4.50. The van der Waals surface area contributed by atoms with Gasteiger partial charge in [-0.1, -0.05) is 0 Å². The SMILES string of the molecule is CCN(CC)C(=O)Nc1ccc(S(=O)(=O)Nc2ccc(C(F)(F)F)cc2)cc1. The van der Waals surface area contributed by atoms with Crippen LogP contribution in [0.3, 0.4) is 0 Å². The fourth-order valence-corrected chi connectivity index (χ4v) is 3.43. The van der Waals surface area contributed by atoms with Gasteiger partial charge in [0.05, 0.1) is 10.5 Å². The number of halogens is 3. The molecule has 0 fully saturated rings. The molecule has 0 atom stereocenters. The molecule has 2 aromatic carbocycles. The van der Waals surface area contributed by atoms with Crippen LogP contribution < -0.4 is 10.0 Å². The van der Waals surface area contributed by atoms with Crippen molar-refractivity contribution in [3.05, 3.63) is 54.1 Å². The highest BCUT2D eigenvalue weighted by Gasteiger charge is 2.30. The van der Waals surface area contributed by atoms with Crippen LogP contribution in [0.1, 0.15) is 19.4 Å². The molecule has 28 heavy (non-hydrogen) atoms. The summed E-state index contributed by atoms with van der Waals surface area (Å²) in [7, 11) is -3.99. The van der Waals surface area contributed by atoms with Crippen molar-refractivity contribution in [2.75, 3.05) is 23.1 Å². The quantitative estimate of drug-likeness (QED) is 0.735. The maximum Gasteiger partial charge on any atom is 0.416 e. The molecular formula is C18H20F3N3O3S. The minimum Gasteiger partial charge on any atom is -0.325 e. The van der Waals surface area contributed by atoms with Crippen molar-refractivity contribution >= 4 is 27.4 Å². The van der Waals surface area contributed by atoms with E-state index in [2.05, 4.69) is 10.0 Å². The Morgan fingerprint density at radius 3 is 1.89 bits per heavy atom. The van der Waals surface area contributed by atoms with Crippen LogP contribution in [0.15, 0.2) is 53.4 Å². The van der Waals surface area contributed by atoms with E-state index in [1.54, 1.807) is 4.90 Å². The molecule has 0 spiro atoms. The first-order valence-corrected chi connectivity index (χ1v) is 9.91. The van der Waals surface area contributed by atoms with E-state index < -0.39 is 21.8 Å². The Bertz CT molecular complexity index is 908. The molecule has 0 aromatic heterocycles. The number of sulfonamides is 1. The molecule has 2 aromatic rings. The van der Waals surface area contributed by atoms with Crippen molar-refractivity contribution in [1.82, 2.24) is 4.90 Å². The molecule has 0 aliphatic carbocycles. The summed E-state index contributed by atoms with van der Waals surface area (Å²) in [5, 5.41) is 2.66. The number of hydrogen-bond donors (Lipinski definition) is 2. The smallest absolute Gasteiger partial charge is 0.325 e. The highest BCUT2D eigenvalue weighted by atomic mass is 32.2. The number of amides is 2. The van der Waals surface area contributed by atoms with Crippen molar-refractivity contribution in [2.45, 2.75) is 24.9 Å². The lowest BCUT2D eigenvalue weighted by Crippen LogP contribution is -2.34. The van der Waals surface area contributed by atoms with Crippen LogP contribution >= 0.6 is 0 Å². The zero-order valence-corrected chi connectivity index (χ0v) is 16.1. The first kappa shape index (κ1) is 21.5. The molecule has 0 unspecified atom stereocenters. The number of nitrogens with zero attached hydrogens (tertiary/aromatic N) is 1. The van der Waals surface area contributed by atoms with Crippen molar-refractivity contribution in [3.8, 4) is 0 Å². The van der Waals surface area contributed by atoms with Gasteiger partial charge in [0.2, 0.25) is 0 Å². The summed E-state index contributed by atoms with van der Waals surface area (Å²) >= 11 is 0. The number of hydrogen-bond acceptors (Lipinski definition) is 3. The summed E-state index contributed by atoms with van der Waals surface area (Å²) in [6.45, 7) is 4.75. The second-order valence-corrected chi connectivity index (χ2v) is 7.49. The van der Waals surface area contributed by atoms with E-state index in [9.17, 15) is 26.4 Å². The summed E-state index contributed by atoms with van der Waals surface area (Å²) in [6, 6.07) is 8.83. The fraction of sp³-hybridized carbons (Fsp3) is 0.278. The molecule has 0 radical (unpaired) electrons. The van der Waals surface area contributed by atoms with Crippen molar-refractivity contribution in [1.29, 1.82) is 0 Å². The number of alkyl halides is 3. The van der Waals surface area contributed by atoms with Crippen LogP contribution in [0, 0.1) is 0 Å². The Kier molecular flexibility index (Phi) is 6.55. The lowest BCUT2D eigenvalue weighted by molar-refractivity contribution is -0.137. The normalized spacial score (nSPS) is 11.8. The van der Waals surface area contributed by atoms with Gasteiger partial charge in [-0.05, 0) is 62.4 Å². The second-order valence-electron chi connectivity index (χ2n) is 5.81. The number of carbonyl (C=O) groups is 1. The molecule has 0 aliphatic heterocycles. The van der Waals surface area contributed by atoms with Gasteiger partial charge in [0.15, 0.2) is 0 Å². The summed E-state index contributed by atoms with van der Waals surface area (Å²) < 4.78 is 64.7. The molecule has 2 N–H and O–H groups in total. The van der Waals surface area contributed by atoms with Crippen LogP contribution in [0.2, 0.25) is 0 Å². The van der Waals surface area contributed by atoms with E-state index in [-0.39, 0.29) is 16.6 Å². The van der Waals surface area contributed by atoms with Crippen LogP contribution in [-0.2, 0) is 16.2 Å². The lowest BCUT2D eigenvalue weighted by atomic mass is 10.2. The monoisotopic (exact) mass is 415 g/mol. The lowest BCUT2D eigenvalue weighted by Gasteiger charge is -2.19. The van der Waals surface area contributed by atoms with E-state index in [4.69, 9.17) is 0 Å². The molecule has 0 heterocycles. The molecule has 2 rings (SSSR count). The Labute approximate surface area is 161 Å². The number of benzene rings is 2. The zero-order chi connectivity index (χ0) is 20.9. The maximum absolute atomic E-state index is 12.6. The van der Waals surface area contributed by atoms with Gasteiger partial charge in [-0.25, -0.2) is 13.2 Å². The summed E-state index contributed by atoms with van der Waals surface area (Å²) in [4.78, 5) is 13.5. The fourth-order valence-electron chi connectivity index (χ4n) is 2.37. The van der Waals surface area contributed by atoms with Gasteiger partial charge in [0.25, 0.3) is 10.0 Å². The summed E-state index contributed by atoms with van der Waals surface area (Å²) in [5.74, 6) is 0.